The number of hydrogen-bond donors (Lipinski definition) is 0. The van der Waals surface area contributed by atoms with Crippen LogP contribution in [0.5, 0.6) is 0 Å². The second-order valence-electron chi connectivity index (χ2n) is 6.22. The van der Waals surface area contributed by atoms with Crippen molar-refractivity contribution >= 4 is 11.4 Å². The van der Waals surface area contributed by atoms with Gasteiger partial charge in [-0.05, 0) is 32.9 Å². The molecule has 1 aliphatic heterocycles. The first-order valence-corrected chi connectivity index (χ1v) is 7.01. The van der Waals surface area contributed by atoms with Gasteiger partial charge in [0.2, 0.25) is 0 Å². The number of nitro benzene ring substituents is 1. The molecule has 1 saturated heterocycles. The number of benzene rings is 1. The summed E-state index contributed by atoms with van der Waals surface area (Å²) in [6.45, 7) is 10.2. The third-order valence-corrected chi connectivity index (χ3v) is 3.89. The van der Waals surface area contributed by atoms with E-state index in [4.69, 9.17) is 5.26 Å². The van der Waals surface area contributed by atoms with E-state index in [2.05, 4.69) is 30.6 Å². The quantitative estimate of drug-likeness (QED) is 0.617. The number of nitriles is 1. The molecule has 0 amide bonds. The third-order valence-electron chi connectivity index (χ3n) is 3.89. The molecule has 0 atom stereocenters. The average Bonchev–Trinajstić information content (AvgIpc) is 2.45. The summed E-state index contributed by atoms with van der Waals surface area (Å²) in [7, 11) is 0. The fourth-order valence-electron chi connectivity index (χ4n) is 2.60. The van der Waals surface area contributed by atoms with Gasteiger partial charge in [-0.2, -0.15) is 5.26 Å². The smallest absolute Gasteiger partial charge is 0.287 e. The van der Waals surface area contributed by atoms with Gasteiger partial charge in [0.25, 0.3) is 5.69 Å². The molecular weight excluding hydrogens is 268 g/mol. The monoisotopic (exact) mass is 288 g/mol. The zero-order valence-corrected chi connectivity index (χ0v) is 12.7. The summed E-state index contributed by atoms with van der Waals surface area (Å²) >= 11 is 0. The van der Waals surface area contributed by atoms with Crippen molar-refractivity contribution in [1.29, 1.82) is 5.26 Å². The highest BCUT2D eigenvalue weighted by Crippen LogP contribution is 2.26. The van der Waals surface area contributed by atoms with E-state index in [1.807, 2.05) is 6.07 Å². The van der Waals surface area contributed by atoms with Crippen molar-refractivity contribution in [2.45, 2.75) is 26.3 Å². The van der Waals surface area contributed by atoms with Crippen molar-refractivity contribution in [2.75, 3.05) is 31.1 Å². The van der Waals surface area contributed by atoms with Crippen LogP contribution >= 0.6 is 0 Å². The number of nitro groups is 1. The van der Waals surface area contributed by atoms with Crippen LogP contribution in [0.3, 0.4) is 0 Å². The number of anilines is 1. The van der Waals surface area contributed by atoms with Crippen molar-refractivity contribution in [3.63, 3.8) is 0 Å². The van der Waals surface area contributed by atoms with Gasteiger partial charge in [-0.1, -0.05) is 0 Å². The Morgan fingerprint density at radius 2 is 1.86 bits per heavy atom. The predicted octanol–water partition coefficient (Wildman–Crippen LogP) is 2.39. The maximum Gasteiger partial charge on any atom is 0.287 e. The lowest BCUT2D eigenvalue weighted by Crippen LogP contribution is -2.53. The lowest BCUT2D eigenvalue weighted by atomic mass is 10.0. The fraction of sp³-hybridized carbons (Fsp3) is 0.533. The highest BCUT2D eigenvalue weighted by Gasteiger charge is 2.26. The Hall–Kier alpha value is -2.13. The molecule has 1 fully saturated rings. The molecule has 1 heterocycles. The normalized spacial score (nSPS) is 16.6. The van der Waals surface area contributed by atoms with Gasteiger partial charge in [-0.25, -0.2) is 0 Å². The van der Waals surface area contributed by atoms with Crippen LogP contribution in [0.1, 0.15) is 26.3 Å². The summed E-state index contributed by atoms with van der Waals surface area (Å²) in [6.07, 6.45) is 0. The highest BCUT2D eigenvalue weighted by atomic mass is 16.6. The van der Waals surface area contributed by atoms with E-state index >= 15 is 0 Å². The van der Waals surface area contributed by atoms with E-state index < -0.39 is 4.92 Å². The van der Waals surface area contributed by atoms with E-state index in [1.165, 1.54) is 6.07 Å². The van der Waals surface area contributed by atoms with Gasteiger partial charge in [0, 0.05) is 43.5 Å². The Balaban J connectivity index is 2.15. The van der Waals surface area contributed by atoms with Crippen molar-refractivity contribution < 1.29 is 4.92 Å². The topological polar surface area (TPSA) is 73.4 Å². The Labute approximate surface area is 124 Å². The van der Waals surface area contributed by atoms with E-state index in [9.17, 15) is 10.1 Å². The molecule has 0 aliphatic carbocycles. The van der Waals surface area contributed by atoms with E-state index in [0.717, 1.165) is 31.9 Å². The minimum Gasteiger partial charge on any atom is -0.369 e. The molecule has 0 bridgehead atoms. The lowest BCUT2D eigenvalue weighted by Gasteiger charge is -2.43. The second kappa shape index (κ2) is 5.70. The zero-order chi connectivity index (χ0) is 15.6. The SMILES string of the molecule is CC(C)(C)N1CCN(c2ccc([N+](=O)[O-])c(C#N)c2)CC1. The summed E-state index contributed by atoms with van der Waals surface area (Å²) in [5, 5.41) is 19.9. The summed E-state index contributed by atoms with van der Waals surface area (Å²) in [6, 6.07) is 6.68. The Kier molecular flexibility index (Phi) is 4.14. The summed E-state index contributed by atoms with van der Waals surface area (Å²) in [5.41, 5.74) is 1.02. The molecule has 6 nitrogen and oxygen atoms in total. The first kappa shape index (κ1) is 15.3. The molecule has 1 aromatic rings. The molecule has 1 aliphatic rings. The van der Waals surface area contributed by atoms with Crippen LogP contribution in [0.25, 0.3) is 0 Å². The standard InChI is InChI=1S/C15H20N4O2/c1-15(2,3)18-8-6-17(7-9-18)13-4-5-14(19(20)21)12(10-13)11-16/h4-5,10H,6-9H2,1-3H3. The molecule has 0 radical (unpaired) electrons. The van der Waals surface area contributed by atoms with Gasteiger partial charge in [0.05, 0.1) is 4.92 Å². The highest BCUT2D eigenvalue weighted by molar-refractivity contribution is 5.60. The summed E-state index contributed by atoms with van der Waals surface area (Å²) in [5.74, 6) is 0. The predicted molar refractivity (Wildman–Crippen MR) is 81.4 cm³/mol. The molecule has 6 heteroatoms. The molecule has 21 heavy (non-hydrogen) atoms. The molecule has 0 aromatic heterocycles. The van der Waals surface area contributed by atoms with E-state index in [1.54, 1.807) is 12.1 Å². The van der Waals surface area contributed by atoms with Gasteiger partial charge in [-0.15, -0.1) is 0 Å². The van der Waals surface area contributed by atoms with Gasteiger partial charge < -0.3 is 4.90 Å². The third kappa shape index (κ3) is 3.31. The van der Waals surface area contributed by atoms with Crippen LogP contribution < -0.4 is 4.90 Å². The number of piperazine rings is 1. The fourth-order valence-corrected chi connectivity index (χ4v) is 2.60. The number of hydrogen-bond acceptors (Lipinski definition) is 5. The van der Waals surface area contributed by atoms with Crippen molar-refractivity contribution in [2.24, 2.45) is 0 Å². The van der Waals surface area contributed by atoms with Crippen molar-refractivity contribution in [3.8, 4) is 6.07 Å². The molecule has 0 saturated carbocycles. The maximum atomic E-state index is 10.9. The van der Waals surface area contributed by atoms with Crippen LogP contribution in [-0.2, 0) is 0 Å². The van der Waals surface area contributed by atoms with Crippen LogP contribution in [-0.4, -0.2) is 41.5 Å². The van der Waals surface area contributed by atoms with Crippen LogP contribution in [0.2, 0.25) is 0 Å². The Morgan fingerprint density at radius 1 is 1.24 bits per heavy atom. The maximum absolute atomic E-state index is 10.9. The first-order chi connectivity index (χ1) is 9.82. The summed E-state index contributed by atoms with van der Waals surface area (Å²) in [4.78, 5) is 14.9. The van der Waals surface area contributed by atoms with E-state index in [0.29, 0.717) is 0 Å². The van der Waals surface area contributed by atoms with Gasteiger partial charge in [0.1, 0.15) is 11.6 Å². The number of rotatable bonds is 2. The zero-order valence-electron chi connectivity index (χ0n) is 12.7. The minimum absolute atomic E-state index is 0.121. The van der Waals surface area contributed by atoms with Gasteiger partial charge >= 0.3 is 0 Å². The summed E-state index contributed by atoms with van der Waals surface area (Å²) < 4.78 is 0. The van der Waals surface area contributed by atoms with Crippen LogP contribution in [0.4, 0.5) is 11.4 Å². The molecule has 2 rings (SSSR count). The lowest BCUT2D eigenvalue weighted by molar-refractivity contribution is -0.385. The second-order valence-corrected chi connectivity index (χ2v) is 6.22. The molecule has 0 N–H and O–H groups in total. The average molecular weight is 288 g/mol. The molecule has 1 aromatic carbocycles. The minimum atomic E-state index is -0.514. The van der Waals surface area contributed by atoms with Crippen molar-refractivity contribution in [3.05, 3.63) is 33.9 Å². The Bertz CT molecular complexity index is 578. The van der Waals surface area contributed by atoms with Gasteiger partial charge in [-0.3, -0.25) is 15.0 Å². The molecule has 0 spiro atoms. The molecule has 0 unspecified atom stereocenters. The van der Waals surface area contributed by atoms with Gasteiger partial charge in [0.15, 0.2) is 0 Å². The van der Waals surface area contributed by atoms with Crippen LogP contribution in [0.15, 0.2) is 18.2 Å². The molecular formula is C15H20N4O2. The number of nitrogens with zero attached hydrogens (tertiary/aromatic N) is 4. The Morgan fingerprint density at radius 3 is 2.33 bits per heavy atom. The molecule has 112 valence electrons. The van der Waals surface area contributed by atoms with Crippen molar-refractivity contribution in [1.82, 2.24) is 4.90 Å². The largest absolute Gasteiger partial charge is 0.369 e. The van der Waals surface area contributed by atoms with E-state index in [-0.39, 0.29) is 16.8 Å². The van der Waals surface area contributed by atoms with Crippen LogP contribution in [0, 0.1) is 21.4 Å². The first-order valence-electron chi connectivity index (χ1n) is 7.01.